The predicted molar refractivity (Wildman–Crippen MR) is 61.9 cm³/mol. The van der Waals surface area contributed by atoms with Gasteiger partial charge in [-0.1, -0.05) is 6.07 Å². The van der Waals surface area contributed by atoms with Crippen molar-refractivity contribution in [3.8, 4) is 0 Å². The van der Waals surface area contributed by atoms with Crippen molar-refractivity contribution in [1.29, 1.82) is 0 Å². The van der Waals surface area contributed by atoms with Crippen molar-refractivity contribution in [2.75, 3.05) is 13.1 Å². The second-order valence-electron chi connectivity index (χ2n) is 4.55. The van der Waals surface area contributed by atoms with E-state index in [2.05, 4.69) is 0 Å². The number of amides is 1. The Hall–Kier alpha value is -1.49. The number of nitrogens with zero attached hydrogens (tertiary/aromatic N) is 1. The molecule has 0 saturated carbocycles. The maximum atomic E-state index is 12.9. The average Bonchev–Trinajstić information content (AvgIpc) is 2.29. The van der Waals surface area contributed by atoms with E-state index in [1.807, 2.05) is 0 Å². The van der Waals surface area contributed by atoms with Gasteiger partial charge in [-0.3, -0.25) is 4.79 Å². The molecule has 0 unspecified atom stereocenters. The average molecular weight is 255 g/mol. The molecule has 1 saturated heterocycles. The number of aliphatic hydroxyl groups is 1. The van der Waals surface area contributed by atoms with Crippen molar-refractivity contribution < 1.29 is 18.7 Å². The number of halogens is 2. The lowest BCUT2D eigenvalue weighted by molar-refractivity contribution is -0.141. The zero-order valence-electron chi connectivity index (χ0n) is 9.90. The number of aryl methyl sites for hydroxylation is 1. The molecule has 2 rings (SSSR count). The highest BCUT2D eigenvalue weighted by Crippen LogP contribution is 2.14. The van der Waals surface area contributed by atoms with Gasteiger partial charge in [0.1, 0.15) is 0 Å². The van der Waals surface area contributed by atoms with E-state index >= 15 is 0 Å². The summed E-state index contributed by atoms with van der Waals surface area (Å²) < 4.78 is 25.6. The lowest BCUT2D eigenvalue weighted by Crippen LogP contribution is -2.53. The molecular weight excluding hydrogens is 240 g/mol. The van der Waals surface area contributed by atoms with E-state index in [4.69, 9.17) is 5.11 Å². The van der Waals surface area contributed by atoms with Crippen LogP contribution in [0.5, 0.6) is 0 Å². The molecule has 1 N–H and O–H groups in total. The van der Waals surface area contributed by atoms with Crippen molar-refractivity contribution in [1.82, 2.24) is 4.90 Å². The Morgan fingerprint density at radius 2 is 2.06 bits per heavy atom. The standard InChI is InChI=1S/C13H15F2NO2/c14-11-5-4-9(6-12(11)15)2-1-3-13(18)16-7-10(17)8-16/h4-6,10,17H,1-3,7-8H2. The maximum absolute atomic E-state index is 12.9. The fraction of sp³-hybridized carbons (Fsp3) is 0.462. The van der Waals surface area contributed by atoms with Crippen LogP contribution in [0.4, 0.5) is 8.78 Å². The Labute approximate surface area is 104 Å². The van der Waals surface area contributed by atoms with Gasteiger partial charge < -0.3 is 10.0 Å². The van der Waals surface area contributed by atoms with Crippen molar-refractivity contribution >= 4 is 5.91 Å². The van der Waals surface area contributed by atoms with Crippen LogP contribution in [0.25, 0.3) is 0 Å². The molecule has 0 bridgehead atoms. The molecule has 1 fully saturated rings. The number of carbonyl (C=O) groups excluding carboxylic acids is 1. The van der Waals surface area contributed by atoms with Gasteiger partial charge in [0.25, 0.3) is 0 Å². The highest BCUT2D eigenvalue weighted by Gasteiger charge is 2.27. The van der Waals surface area contributed by atoms with Gasteiger partial charge in [-0.25, -0.2) is 8.78 Å². The van der Waals surface area contributed by atoms with E-state index in [0.717, 1.165) is 12.1 Å². The number of carbonyl (C=O) groups is 1. The molecule has 1 heterocycles. The van der Waals surface area contributed by atoms with Crippen LogP contribution in [0, 0.1) is 11.6 Å². The van der Waals surface area contributed by atoms with Gasteiger partial charge in [-0.05, 0) is 30.5 Å². The van der Waals surface area contributed by atoms with Crippen molar-refractivity contribution in [2.24, 2.45) is 0 Å². The Balaban J connectivity index is 1.74. The minimum atomic E-state index is -0.857. The molecule has 5 heteroatoms. The van der Waals surface area contributed by atoms with E-state index in [0.29, 0.717) is 37.9 Å². The van der Waals surface area contributed by atoms with Crippen molar-refractivity contribution in [2.45, 2.75) is 25.4 Å². The largest absolute Gasteiger partial charge is 0.389 e. The predicted octanol–water partition coefficient (Wildman–Crippen LogP) is 1.49. The molecule has 0 spiro atoms. The smallest absolute Gasteiger partial charge is 0.222 e. The summed E-state index contributed by atoms with van der Waals surface area (Å²) in [5, 5.41) is 9.06. The Morgan fingerprint density at radius 1 is 1.33 bits per heavy atom. The summed E-state index contributed by atoms with van der Waals surface area (Å²) in [5.41, 5.74) is 0.686. The summed E-state index contributed by atoms with van der Waals surface area (Å²) in [6.07, 6.45) is 1.11. The number of rotatable bonds is 4. The monoisotopic (exact) mass is 255 g/mol. The van der Waals surface area contributed by atoms with Crippen LogP contribution in [0.15, 0.2) is 18.2 Å². The molecule has 1 aromatic rings. The van der Waals surface area contributed by atoms with E-state index in [1.54, 1.807) is 4.90 Å². The highest BCUT2D eigenvalue weighted by atomic mass is 19.2. The van der Waals surface area contributed by atoms with Crippen molar-refractivity contribution in [3.63, 3.8) is 0 Å². The molecule has 1 amide bonds. The second kappa shape index (κ2) is 5.44. The minimum absolute atomic E-state index is 0.00267. The molecule has 0 aromatic heterocycles. The van der Waals surface area contributed by atoms with E-state index in [-0.39, 0.29) is 12.0 Å². The molecule has 0 atom stereocenters. The lowest BCUT2D eigenvalue weighted by atomic mass is 10.1. The Morgan fingerprint density at radius 3 is 2.67 bits per heavy atom. The van der Waals surface area contributed by atoms with Crippen LogP contribution in [-0.4, -0.2) is 35.1 Å². The van der Waals surface area contributed by atoms with E-state index < -0.39 is 11.6 Å². The van der Waals surface area contributed by atoms with Gasteiger partial charge >= 0.3 is 0 Å². The number of benzene rings is 1. The van der Waals surface area contributed by atoms with Gasteiger partial charge in [0.2, 0.25) is 5.91 Å². The third kappa shape index (κ3) is 3.04. The Bertz CT molecular complexity index is 445. The fourth-order valence-electron chi connectivity index (χ4n) is 1.96. The lowest BCUT2D eigenvalue weighted by Gasteiger charge is -2.35. The normalized spacial score (nSPS) is 15.6. The molecular formula is C13H15F2NO2. The van der Waals surface area contributed by atoms with Gasteiger partial charge in [-0.15, -0.1) is 0 Å². The zero-order chi connectivity index (χ0) is 13.1. The van der Waals surface area contributed by atoms with Gasteiger partial charge in [0, 0.05) is 19.5 Å². The topological polar surface area (TPSA) is 40.5 Å². The first-order valence-electron chi connectivity index (χ1n) is 5.96. The quantitative estimate of drug-likeness (QED) is 0.885. The first kappa shape index (κ1) is 13.0. The van der Waals surface area contributed by atoms with Gasteiger partial charge in [0.15, 0.2) is 11.6 Å². The first-order chi connectivity index (χ1) is 8.56. The van der Waals surface area contributed by atoms with E-state index in [9.17, 15) is 13.6 Å². The van der Waals surface area contributed by atoms with Crippen LogP contribution < -0.4 is 0 Å². The van der Waals surface area contributed by atoms with Crippen LogP contribution in [0.1, 0.15) is 18.4 Å². The molecule has 1 aromatic carbocycles. The number of likely N-dealkylation sites (tertiary alicyclic amines) is 1. The van der Waals surface area contributed by atoms with Gasteiger partial charge in [0.05, 0.1) is 6.10 Å². The number of aliphatic hydroxyl groups excluding tert-OH is 1. The first-order valence-corrected chi connectivity index (χ1v) is 5.96. The van der Waals surface area contributed by atoms with Crippen LogP contribution in [0.2, 0.25) is 0 Å². The summed E-state index contributed by atoms with van der Waals surface area (Å²) in [7, 11) is 0. The minimum Gasteiger partial charge on any atom is -0.389 e. The van der Waals surface area contributed by atoms with Gasteiger partial charge in [-0.2, -0.15) is 0 Å². The summed E-state index contributed by atoms with van der Waals surface area (Å²) in [6, 6.07) is 3.78. The van der Waals surface area contributed by atoms with Crippen molar-refractivity contribution in [3.05, 3.63) is 35.4 Å². The number of hydrogen-bond acceptors (Lipinski definition) is 2. The van der Waals surface area contributed by atoms with E-state index in [1.165, 1.54) is 6.07 Å². The second-order valence-corrected chi connectivity index (χ2v) is 4.55. The van der Waals surface area contributed by atoms with Crippen LogP contribution in [-0.2, 0) is 11.2 Å². The molecule has 3 nitrogen and oxygen atoms in total. The zero-order valence-corrected chi connectivity index (χ0v) is 9.90. The summed E-state index contributed by atoms with van der Waals surface area (Å²) >= 11 is 0. The third-order valence-corrected chi connectivity index (χ3v) is 3.06. The molecule has 98 valence electrons. The third-order valence-electron chi connectivity index (χ3n) is 3.06. The molecule has 0 radical (unpaired) electrons. The van der Waals surface area contributed by atoms with Crippen LogP contribution >= 0.6 is 0 Å². The highest BCUT2D eigenvalue weighted by molar-refractivity contribution is 5.77. The molecule has 0 aliphatic carbocycles. The molecule has 1 aliphatic heterocycles. The SMILES string of the molecule is O=C(CCCc1ccc(F)c(F)c1)N1CC(O)C1. The number of hydrogen-bond donors (Lipinski definition) is 1. The summed E-state index contributed by atoms with van der Waals surface area (Å²) in [6.45, 7) is 0.814. The Kier molecular flexibility index (Phi) is 3.91. The molecule has 1 aliphatic rings. The fourth-order valence-corrected chi connectivity index (χ4v) is 1.96. The molecule has 18 heavy (non-hydrogen) atoms. The number of β-amino-alcohol motifs (C(OH)–C–C–N with tert-alkyl or cyclic N) is 1. The maximum Gasteiger partial charge on any atom is 0.222 e. The summed E-state index contributed by atoms with van der Waals surface area (Å²) in [5.74, 6) is -1.71. The van der Waals surface area contributed by atoms with Crippen LogP contribution in [0.3, 0.4) is 0 Å². The summed E-state index contributed by atoms with van der Waals surface area (Å²) in [4.78, 5) is 13.2.